The molecule has 0 spiro atoms. The smallest absolute Gasteiger partial charge is 0.410 e. The zero-order valence-electron chi connectivity index (χ0n) is 18.4. The fourth-order valence-electron chi connectivity index (χ4n) is 4.01. The number of carbonyl (C=O) groups is 2. The summed E-state index contributed by atoms with van der Waals surface area (Å²) in [5.74, 6) is 0.595. The molecule has 6 nitrogen and oxygen atoms in total. The van der Waals surface area contributed by atoms with Gasteiger partial charge in [-0.1, -0.05) is 0 Å². The van der Waals surface area contributed by atoms with Gasteiger partial charge in [-0.2, -0.15) is 0 Å². The monoisotopic (exact) mass is 402 g/mol. The highest BCUT2D eigenvalue weighted by Crippen LogP contribution is 2.29. The van der Waals surface area contributed by atoms with Crippen molar-refractivity contribution in [2.24, 2.45) is 5.92 Å². The third kappa shape index (κ3) is 5.50. The maximum atomic E-state index is 12.6. The highest BCUT2D eigenvalue weighted by atomic mass is 16.6. The number of carbonyl (C=O) groups excluding carboxylic acids is 2. The van der Waals surface area contributed by atoms with Crippen LogP contribution in [0, 0.1) is 5.92 Å². The number of rotatable bonds is 4. The third-order valence-corrected chi connectivity index (χ3v) is 5.59. The van der Waals surface area contributed by atoms with E-state index in [1.165, 1.54) is 16.7 Å². The van der Waals surface area contributed by atoms with Gasteiger partial charge in [-0.25, -0.2) is 4.79 Å². The minimum absolute atomic E-state index is 0.0211. The van der Waals surface area contributed by atoms with Gasteiger partial charge in [-0.3, -0.25) is 4.79 Å². The van der Waals surface area contributed by atoms with Crippen molar-refractivity contribution in [2.75, 3.05) is 33.9 Å². The van der Waals surface area contributed by atoms with E-state index in [1.54, 1.807) is 23.9 Å². The molecule has 2 aliphatic rings. The Morgan fingerprint density at radius 1 is 1.28 bits per heavy atom. The Morgan fingerprint density at radius 3 is 2.66 bits per heavy atom. The van der Waals surface area contributed by atoms with E-state index in [0.717, 1.165) is 44.5 Å². The second-order valence-corrected chi connectivity index (χ2v) is 9.39. The zero-order valence-corrected chi connectivity index (χ0v) is 18.4. The highest BCUT2D eigenvalue weighted by Gasteiger charge is 2.28. The fourth-order valence-corrected chi connectivity index (χ4v) is 4.01. The summed E-state index contributed by atoms with van der Waals surface area (Å²) in [6.07, 6.45) is 3.50. The molecule has 1 aromatic carbocycles. The molecule has 6 heteroatoms. The Balaban J connectivity index is 1.85. The average molecular weight is 403 g/mol. The molecule has 1 atom stereocenters. The topological polar surface area (TPSA) is 59.1 Å². The Labute approximate surface area is 174 Å². The van der Waals surface area contributed by atoms with Gasteiger partial charge in [0.25, 0.3) is 5.91 Å². The molecule has 1 saturated heterocycles. The molecule has 0 saturated carbocycles. The van der Waals surface area contributed by atoms with Crippen LogP contribution in [0.5, 0.6) is 0 Å². The van der Waals surface area contributed by atoms with E-state index in [0.29, 0.717) is 19.0 Å². The number of ether oxygens (including phenoxy) is 2. The van der Waals surface area contributed by atoms with Crippen molar-refractivity contribution in [3.63, 3.8) is 0 Å². The largest absolute Gasteiger partial charge is 0.444 e. The van der Waals surface area contributed by atoms with Crippen LogP contribution in [-0.4, -0.2) is 61.3 Å². The van der Waals surface area contributed by atoms with Crippen LogP contribution in [-0.2, 0) is 28.9 Å². The van der Waals surface area contributed by atoms with Crippen LogP contribution in [0.1, 0.15) is 60.7 Å². The number of nitrogens with zero attached hydrogens (tertiary/aromatic N) is 2. The van der Waals surface area contributed by atoms with E-state index in [4.69, 9.17) is 9.47 Å². The number of benzene rings is 1. The average Bonchev–Trinajstić information content (AvgIpc) is 3.17. The van der Waals surface area contributed by atoms with Crippen LogP contribution < -0.4 is 0 Å². The lowest BCUT2D eigenvalue weighted by Crippen LogP contribution is -2.40. The quantitative estimate of drug-likeness (QED) is 0.771. The lowest BCUT2D eigenvalue weighted by molar-refractivity contribution is 0.0223. The maximum absolute atomic E-state index is 12.6. The molecule has 1 fully saturated rings. The summed E-state index contributed by atoms with van der Waals surface area (Å²) in [6, 6.07) is 4.03. The molecule has 160 valence electrons. The summed E-state index contributed by atoms with van der Waals surface area (Å²) in [4.78, 5) is 28.6. The molecule has 3 rings (SSSR count). The molecule has 0 aromatic heterocycles. The normalized spacial score (nSPS) is 19.1. The highest BCUT2D eigenvalue weighted by molar-refractivity contribution is 5.94. The third-order valence-electron chi connectivity index (χ3n) is 5.59. The van der Waals surface area contributed by atoms with Crippen molar-refractivity contribution < 1.29 is 19.1 Å². The lowest BCUT2D eigenvalue weighted by Gasteiger charge is -2.33. The molecule has 0 radical (unpaired) electrons. The minimum Gasteiger partial charge on any atom is -0.444 e. The summed E-state index contributed by atoms with van der Waals surface area (Å²) in [7, 11) is 3.56. The predicted octanol–water partition coefficient (Wildman–Crippen LogP) is 3.65. The second-order valence-electron chi connectivity index (χ2n) is 9.39. The molecule has 1 aromatic rings. The van der Waals surface area contributed by atoms with Crippen LogP contribution >= 0.6 is 0 Å². The van der Waals surface area contributed by atoms with Gasteiger partial charge >= 0.3 is 6.09 Å². The lowest BCUT2D eigenvalue weighted by atomic mass is 9.88. The first-order valence-electron chi connectivity index (χ1n) is 10.6. The van der Waals surface area contributed by atoms with E-state index in [2.05, 4.69) is 0 Å². The summed E-state index contributed by atoms with van der Waals surface area (Å²) < 4.78 is 11.1. The molecular weight excluding hydrogens is 368 g/mol. The summed E-state index contributed by atoms with van der Waals surface area (Å²) in [5, 5.41) is 0. The van der Waals surface area contributed by atoms with E-state index < -0.39 is 5.60 Å². The Kier molecular flexibility index (Phi) is 6.52. The van der Waals surface area contributed by atoms with Crippen molar-refractivity contribution in [3.8, 4) is 0 Å². The fraction of sp³-hybridized carbons (Fsp3) is 0.652. The first-order valence-corrected chi connectivity index (χ1v) is 10.6. The first kappa shape index (κ1) is 21.6. The second kappa shape index (κ2) is 8.74. The maximum Gasteiger partial charge on any atom is 0.410 e. The van der Waals surface area contributed by atoms with Crippen molar-refractivity contribution >= 4 is 12.0 Å². The van der Waals surface area contributed by atoms with Gasteiger partial charge in [0.15, 0.2) is 0 Å². The van der Waals surface area contributed by atoms with Crippen molar-refractivity contribution in [1.82, 2.24) is 9.80 Å². The molecule has 2 aliphatic heterocycles. The van der Waals surface area contributed by atoms with Gasteiger partial charge in [-0.15, -0.1) is 0 Å². The number of aryl methyl sites for hydroxylation is 1. The molecule has 0 N–H and O–H groups in total. The standard InChI is InChI=1S/C23H34N2O4/c1-23(2,3)29-22(27)25-10-8-18-13-19(21(26)24(4)5)12-17(20(18)14-25)7-6-16-9-11-28-15-16/h12-13,16H,6-11,14-15H2,1-5H3. The SMILES string of the molecule is CN(C)C(=O)c1cc(CCC2CCOC2)c2c(c1)CCN(C(=O)OC(C)(C)C)C2. The summed E-state index contributed by atoms with van der Waals surface area (Å²) >= 11 is 0. The van der Waals surface area contributed by atoms with E-state index in [9.17, 15) is 9.59 Å². The molecule has 1 unspecified atom stereocenters. The number of fused-ring (bicyclic) bond motifs is 1. The van der Waals surface area contributed by atoms with Crippen molar-refractivity contribution in [2.45, 2.75) is 58.6 Å². The molecule has 29 heavy (non-hydrogen) atoms. The van der Waals surface area contributed by atoms with Crippen molar-refractivity contribution in [1.29, 1.82) is 0 Å². The van der Waals surface area contributed by atoms with Crippen molar-refractivity contribution in [3.05, 3.63) is 34.4 Å². The Hall–Kier alpha value is -2.08. The minimum atomic E-state index is -0.509. The first-order chi connectivity index (χ1) is 13.6. The van der Waals surface area contributed by atoms with Gasteiger partial charge in [-0.05, 0) is 81.2 Å². The van der Waals surface area contributed by atoms with Gasteiger partial charge in [0, 0.05) is 46.0 Å². The summed E-state index contributed by atoms with van der Waals surface area (Å²) in [5.41, 5.74) is 3.75. The molecular formula is C23H34N2O4. The number of amides is 2. The number of hydrogen-bond acceptors (Lipinski definition) is 4. The molecule has 2 heterocycles. The van der Waals surface area contributed by atoms with Crippen LogP contribution in [0.4, 0.5) is 4.79 Å². The van der Waals surface area contributed by atoms with E-state index >= 15 is 0 Å². The van der Waals surface area contributed by atoms with Gasteiger partial charge in [0.05, 0.1) is 0 Å². The Bertz CT molecular complexity index is 761. The van der Waals surface area contributed by atoms with Gasteiger partial charge < -0.3 is 19.3 Å². The van der Waals surface area contributed by atoms with Crippen LogP contribution in [0.2, 0.25) is 0 Å². The predicted molar refractivity (Wildman–Crippen MR) is 112 cm³/mol. The van der Waals surface area contributed by atoms with Gasteiger partial charge in [0.2, 0.25) is 0 Å². The molecule has 0 aliphatic carbocycles. The molecule has 0 bridgehead atoms. The molecule has 2 amide bonds. The van der Waals surface area contributed by atoms with E-state index in [1.807, 2.05) is 32.9 Å². The Morgan fingerprint density at radius 2 is 2.03 bits per heavy atom. The zero-order chi connectivity index (χ0) is 21.2. The van der Waals surface area contributed by atoms with Crippen LogP contribution in [0.15, 0.2) is 12.1 Å². The summed E-state index contributed by atoms with van der Waals surface area (Å²) in [6.45, 7) is 8.47. The van der Waals surface area contributed by atoms with Crippen LogP contribution in [0.3, 0.4) is 0 Å². The number of hydrogen-bond donors (Lipinski definition) is 0. The van der Waals surface area contributed by atoms with E-state index in [-0.39, 0.29) is 12.0 Å². The van der Waals surface area contributed by atoms with Crippen LogP contribution in [0.25, 0.3) is 0 Å². The van der Waals surface area contributed by atoms with Gasteiger partial charge in [0.1, 0.15) is 5.60 Å².